The zero-order valence-electron chi connectivity index (χ0n) is 19.6. The molecule has 34 heavy (non-hydrogen) atoms. The molecule has 2 aromatic rings. The Balaban J connectivity index is 1.68. The summed E-state index contributed by atoms with van der Waals surface area (Å²) >= 11 is 0. The topological polar surface area (TPSA) is 121 Å². The summed E-state index contributed by atoms with van der Waals surface area (Å²) in [7, 11) is 1.67. The number of benzene rings is 1. The maximum absolute atomic E-state index is 13.1. The molecule has 1 aliphatic heterocycles. The monoisotopic (exact) mass is 459 g/mol. The number of aryl methyl sites for hydroxylation is 1. The summed E-state index contributed by atoms with van der Waals surface area (Å²) in [6.07, 6.45) is 7.73. The third kappa shape index (κ3) is 6.77. The SMILES string of the molecule is CN1C(=O)[C@H](NC(=O)N=CC(=CN)Cc2cccnc2)CCc2ccc(C#CC(C)(C)O)cc21. The van der Waals surface area contributed by atoms with Crippen LogP contribution in [0.25, 0.3) is 0 Å². The zero-order valence-corrected chi connectivity index (χ0v) is 19.6. The van der Waals surface area contributed by atoms with E-state index in [2.05, 4.69) is 27.1 Å². The first-order chi connectivity index (χ1) is 16.2. The first-order valence-electron chi connectivity index (χ1n) is 11.0. The number of amides is 3. The van der Waals surface area contributed by atoms with Crippen molar-refractivity contribution in [1.82, 2.24) is 10.3 Å². The summed E-state index contributed by atoms with van der Waals surface area (Å²) in [6, 6.07) is 8.02. The number of urea groups is 1. The highest BCUT2D eigenvalue weighted by Gasteiger charge is 2.29. The number of likely N-dealkylation sites (N-methyl/N-ethyl adjacent to an activating group) is 1. The van der Waals surface area contributed by atoms with Crippen LogP contribution in [-0.2, 0) is 17.6 Å². The van der Waals surface area contributed by atoms with E-state index in [1.807, 2.05) is 30.3 Å². The molecule has 0 spiro atoms. The second-order valence-electron chi connectivity index (χ2n) is 8.63. The quantitative estimate of drug-likeness (QED) is 0.479. The number of carbonyl (C=O) groups is 2. The van der Waals surface area contributed by atoms with Crippen LogP contribution in [0, 0.1) is 11.8 Å². The smallest absolute Gasteiger partial charge is 0.341 e. The number of anilines is 1. The number of carbonyl (C=O) groups excluding carboxylic acids is 2. The van der Waals surface area contributed by atoms with Crippen molar-refractivity contribution in [2.75, 3.05) is 11.9 Å². The van der Waals surface area contributed by atoms with Crippen molar-refractivity contribution in [1.29, 1.82) is 0 Å². The number of nitrogens with two attached hydrogens (primary N) is 1. The third-order valence-electron chi connectivity index (χ3n) is 5.28. The molecular formula is C26H29N5O3. The van der Waals surface area contributed by atoms with Crippen molar-refractivity contribution in [2.45, 2.75) is 44.8 Å². The molecule has 4 N–H and O–H groups in total. The summed E-state index contributed by atoms with van der Waals surface area (Å²) < 4.78 is 0. The summed E-state index contributed by atoms with van der Waals surface area (Å²) in [6.45, 7) is 3.22. The van der Waals surface area contributed by atoms with Gasteiger partial charge in [0.05, 0.1) is 0 Å². The number of pyridine rings is 1. The Hall–Kier alpha value is -3.96. The van der Waals surface area contributed by atoms with E-state index in [9.17, 15) is 14.7 Å². The predicted octanol–water partition coefficient (Wildman–Crippen LogP) is 2.35. The van der Waals surface area contributed by atoms with Crippen LogP contribution in [0.4, 0.5) is 10.5 Å². The highest BCUT2D eigenvalue weighted by atomic mass is 16.3. The van der Waals surface area contributed by atoms with Gasteiger partial charge < -0.3 is 21.1 Å². The molecular weight excluding hydrogens is 430 g/mol. The van der Waals surface area contributed by atoms with Crippen LogP contribution < -0.4 is 16.0 Å². The molecule has 1 aromatic heterocycles. The van der Waals surface area contributed by atoms with E-state index in [4.69, 9.17) is 5.73 Å². The van der Waals surface area contributed by atoms with Gasteiger partial charge in [-0.15, -0.1) is 0 Å². The van der Waals surface area contributed by atoms with Gasteiger partial charge in [0.1, 0.15) is 11.6 Å². The van der Waals surface area contributed by atoms with Gasteiger partial charge in [-0.05, 0) is 67.8 Å². The fourth-order valence-electron chi connectivity index (χ4n) is 3.51. The number of aromatic nitrogens is 1. The van der Waals surface area contributed by atoms with E-state index in [0.717, 1.165) is 16.8 Å². The molecule has 176 valence electrons. The van der Waals surface area contributed by atoms with Gasteiger partial charge in [-0.1, -0.05) is 24.0 Å². The first kappa shape index (κ1) is 24.7. The van der Waals surface area contributed by atoms with Crippen molar-refractivity contribution in [3.63, 3.8) is 0 Å². The van der Waals surface area contributed by atoms with Gasteiger partial charge in [-0.2, -0.15) is 0 Å². The summed E-state index contributed by atoms with van der Waals surface area (Å²) in [4.78, 5) is 35.0. The highest BCUT2D eigenvalue weighted by molar-refractivity contribution is 6.01. The number of fused-ring (bicyclic) bond motifs is 1. The van der Waals surface area contributed by atoms with E-state index in [1.54, 1.807) is 33.3 Å². The molecule has 1 aliphatic rings. The summed E-state index contributed by atoms with van der Waals surface area (Å²) in [5, 5.41) is 12.5. The number of nitrogens with zero attached hydrogens (tertiary/aromatic N) is 3. The Bertz CT molecular complexity index is 1170. The third-order valence-corrected chi connectivity index (χ3v) is 5.28. The Morgan fingerprint density at radius 1 is 1.41 bits per heavy atom. The van der Waals surface area contributed by atoms with Crippen LogP contribution in [0.3, 0.4) is 0 Å². The number of hydrogen-bond donors (Lipinski definition) is 3. The van der Waals surface area contributed by atoms with Crippen LogP contribution in [0.15, 0.2) is 59.5 Å². The lowest BCUT2D eigenvalue weighted by molar-refractivity contribution is -0.120. The molecule has 3 rings (SSSR count). The van der Waals surface area contributed by atoms with Crippen LogP contribution in [0.2, 0.25) is 0 Å². The molecule has 0 unspecified atom stereocenters. The summed E-state index contributed by atoms with van der Waals surface area (Å²) in [5.74, 6) is 5.48. The predicted molar refractivity (Wildman–Crippen MR) is 132 cm³/mol. The van der Waals surface area contributed by atoms with E-state index < -0.39 is 17.7 Å². The Morgan fingerprint density at radius 3 is 2.88 bits per heavy atom. The zero-order chi connectivity index (χ0) is 24.7. The average molecular weight is 460 g/mol. The second kappa shape index (κ2) is 10.8. The standard InChI is InChI=1S/C26H29N5O3/c1-26(2,34)11-10-18-6-7-21-8-9-22(24(32)31(3)23(21)14-18)30-25(33)29-17-20(15-27)13-19-5-4-12-28-16-19/h4-7,12,14-17,22,34H,8-9,13,27H2,1-3H3,(H,30,33)/t22-/m1/s1. The average Bonchev–Trinajstić information content (AvgIpc) is 2.92. The Kier molecular flexibility index (Phi) is 7.82. The van der Waals surface area contributed by atoms with Crippen LogP contribution in [0.1, 0.15) is 37.0 Å². The molecule has 3 amide bonds. The second-order valence-corrected chi connectivity index (χ2v) is 8.63. The molecule has 2 heterocycles. The first-order valence-corrected chi connectivity index (χ1v) is 11.0. The maximum atomic E-state index is 13.1. The summed E-state index contributed by atoms with van der Waals surface area (Å²) in [5.41, 5.74) is 8.56. The van der Waals surface area contributed by atoms with Gasteiger partial charge in [-0.25, -0.2) is 9.79 Å². The van der Waals surface area contributed by atoms with Gasteiger partial charge in [0, 0.05) is 43.3 Å². The van der Waals surface area contributed by atoms with Gasteiger partial charge in [-0.3, -0.25) is 9.78 Å². The number of nitrogens with one attached hydrogen (secondary N) is 1. The number of aliphatic imine (C=N–C) groups is 1. The normalized spacial score (nSPS) is 16.5. The Labute approximate surface area is 199 Å². The van der Waals surface area contributed by atoms with Crippen molar-refractivity contribution < 1.29 is 14.7 Å². The number of rotatable bonds is 4. The van der Waals surface area contributed by atoms with Crippen molar-refractivity contribution in [2.24, 2.45) is 10.7 Å². The van der Waals surface area contributed by atoms with Gasteiger partial charge in [0.15, 0.2) is 0 Å². The number of aliphatic hydroxyl groups is 1. The molecule has 0 radical (unpaired) electrons. The molecule has 0 fully saturated rings. The fraction of sp³-hybridized carbons (Fsp3) is 0.308. The molecule has 8 heteroatoms. The lowest BCUT2D eigenvalue weighted by atomic mass is 10.0. The van der Waals surface area contributed by atoms with Crippen molar-refractivity contribution in [3.05, 3.63) is 71.2 Å². The molecule has 1 aromatic carbocycles. The number of allylic oxidation sites excluding steroid dienone is 1. The van der Waals surface area contributed by atoms with E-state index in [-0.39, 0.29) is 5.91 Å². The van der Waals surface area contributed by atoms with E-state index in [0.29, 0.717) is 30.4 Å². The van der Waals surface area contributed by atoms with Crippen molar-refractivity contribution >= 4 is 23.8 Å². The van der Waals surface area contributed by atoms with Crippen LogP contribution in [0.5, 0.6) is 0 Å². The molecule has 0 saturated heterocycles. The minimum atomic E-state index is -1.11. The molecule has 0 saturated carbocycles. The lowest BCUT2D eigenvalue weighted by Crippen LogP contribution is -2.46. The number of hydrogen-bond acceptors (Lipinski definition) is 5. The van der Waals surface area contributed by atoms with Gasteiger partial charge >= 0.3 is 6.03 Å². The fourth-order valence-corrected chi connectivity index (χ4v) is 3.51. The van der Waals surface area contributed by atoms with Gasteiger partial charge in [0.2, 0.25) is 5.91 Å². The van der Waals surface area contributed by atoms with Crippen molar-refractivity contribution in [3.8, 4) is 11.8 Å². The van der Waals surface area contributed by atoms with Crippen LogP contribution >= 0.6 is 0 Å². The van der Waals surface area contributed by atoms with Gasteiger partial charge in [0.25, 0.3) is 0 Å². The van der Waals surface area contributed by atoms with E-state index >= 15 is 0 Å². The molecule has 1 atom stereocenters. The van der Waals surface area contributed by atoms with E-state index in [1.165, 1.54) is 17.3 Å². The lowest BCUT2D eigenvalue weighted by Gasteiger charge is -2.21. The minimum absolute atomic E-state index is 0.236. The highest BCUT2D eigenvalue weighted by Crippen LogP contribution is 2.27. The Morgan fingerprint density at radius 2 is 2.21 bits per heavy atom. The molecule has 0 bridgehead atoms. The largest absolute Gasteiger partial charge is 0.404 e. The molecule has 0 aliphatic carbocycles. The van der Waals surface area contributed by atoms with Crippen LogP contribution in [-0.4, -0.2) is 46.9 Å². The molecule has 8 nitrogen and oxygen atoms in total. The minimum Gasteiger partial charge on any atom is -0.404 e. The maximum Gasteiger partial charge on any atom is 0.341 e.